The van der Waals surface area contributed by atoms with Gasteiger partial charge in [0.2, 0.25) is 0 Å². The molecule has 0 bridgehead atoms. The molecule has 3 atom stereocenters. The lowest BCUT2D eigenvalue weighted by atomic mass is 9.79. The number of methoxy groups -OCH3 is 2. The summed E-state index contributed by atoms with van der Waals surface area (Å²) in [5, 5.41) is 0.977. The number of ether oxygens (including phenoxy) is 2. The van der Waals surface area contributed by atoms with Gasteiger partial charge in [0.15, 0.2) is 0 Å². The predicted molar refractivity (Wildman–Crippen MR) is 96.2 cm³/mol. The first kappa shape index (κ1) is 17.0. The Hall–Kier alpha value is -1.43. The Morgan fingerprint density at radius 2 is 2.16 bits per heavy atom. The average molecular weight is 346 g/mol. The Morgan fingerprint density at radius 1 is 1.32 bits per heavy atom. The Morgan fingerprint density at radius 3 is 2.92 bits per heavy atom. The van der Waals surface area contributed by atoms with E-state index in [1.54, 1.807) is 13.2 Å². The van der Waals surface area contributed by atoms with E-state index in [1.165, 1.54) is 11.8 Å². The fraction of sp³-hybridized carbons (Fsp3) is 0.600. The fourth-order valence-electron chi connectivity index (χ4n) is 4.87. The highest BCUT2D eigenvalue weighted by Gasteiger charge is 2.51. The van der Waals surface area contributed by atoms with Gasteiger partial charge in [0, 0.05) is 49.9 Å². The minimum absolute atomic E-state index is 0.0406. The monoisotopic (exact) mass is 346 g/mol. The summed E-state index contributed by atoms with van der Waals surface area (Å²) in [5.74, 6) is -0.184. The number of H-pyrrole nitrogens is 1. The standard InChI is InChI=1S/C20H27FN2O2/c1-13-16-10-14(21)4-5-17(16)22-18(13)12-23-9-8-20(25-3)7-6-15(24-2)11-19(20)23/h4-5,10,15,19,22H,6-9,11-12H2,1-3H3/t15-,19+,20-/m1/s1. The van der Waals surface area contributed by atoms with E-state index in [0.717, 1.165) is 55.2 Å². The van der Waals surface area contributed by atoms with Crippen LogP contribution in [0, 0.1) is 12.7 Å². The van der Waals surface area contributed by atoms with Crippen LogP contribution >= 0.6 is 0 Å². The van der Waals surface area contributed by atoms with Crippen LogP contribution in [-0.4, -0.2) is 48.4 Å². The molecule has 1 aromatic heterocycles. The summed E-state index contributed by atoms with van der Waals surface area (Å²) in [6, 6.07) is 5.33. The molecule has 1 aromatic carbocycles. The van der Waals surface area contributed by atoms with Gasteiger partial charge in [0.1, 0.15) is 5.82 Å². The van der Waals surface area contributed by atoms with Crippen LogP contribution in [-0.2, 0) is 16.0 Å². The van der Waals surface area contributed by atoms with E-state index in [4.69, 9.17) is 9.47 Å². The van der Waals surface area contributed by atoms with Crippen LogP contribution in [0.2, 0.25) is 0 Å². The number of likely N-dealkylation sites (tertiary alicyclic amines) is 1. The lowest BCUT2D eigenvalue weighted by Crippen LogP contribution is -2.51. The van der Waals surface area contributed by atoms with E-state index in [9.17, 15) is 4.39 Å². The first-order chi connectivity index (χ1) is 12.1. The Labute approximate surface area is 148 Å². The summed E-state index contributed by atoms with van der Waals surface area (Å²) in [5.41, 5.74) is 3.28. The number of hydrogen-bond acceptors (Lipinski definition) is 3. The van der Waals surface area contributed by atoms with E-state index in [0.29, 0.717) is 12.1 Å². The second-order valence-electron chi connectivity index (χ2n) is 7.56. The number of benzene rings is 1. The van der Waals surface area contributed by atoms with Crippen molar-refractivity contribution in [2.45, 2.75) is 56.9 Å². The summed E-state index contributed by atoms with van der Waals surface area (Å²) >= 11 is 0. The maximum Gasteiger partial charge on any atom is 0.123 e. The van der Waals surface area contributed by atoms with Crippen LogP contribution in [0.3, 0.4) is 0 Å². The maximum absolute atomic E-state index is 13.6. The number of hydrogen-bond donors (Lipinski definition) is 1. The minimum Gasteiger partial charge on any atom is -0.381 e. The number of nitrogens with zero attached hydrogens (tertiary/aromatic N) is 1. The number of aromatic amines is 1. The number of nitrogens with one attached hydrogen (secondary N) is 1. The van der Waals surface area contributed by atoms with Gasteiger partial charge < -0.3 is 14.5 Å². The van der Waals surface area contributed by atoms with E-state index < -0.39 is 0 Å². The molecule has 4 rings (SSSR count). The summed E-state index contributed by atoms with van der Waals surface area (Å²) in [6.07, 6.45) is 4.52. The smallest absolute Gasteiger partial charge is 0.123 e. The molecule has 1 aliphatic carbocycles. The van der Waals surface area contributed by atoms with Crippen molar-refractivity contribution in [2.24, 2.45) is 0 Å². The van der Waals surface area contributed by atoms with Crippen LogP contribution < -0.4 is 0 Å². The van der Waals surface area contributed by atoms with Crippen molar-refractivity contribution in [2.75, 3.05) is 20.8 Å². The molecule has 2 aliphatic rings. The highest BCUT2D eigenvalue weighted by molar-refractivity contribution is 5.84. The lowest BCUT2D eigenvalue weighted by molar-refractivity contribution is -0.0948. The third-order valence-electron chi connectivity index (χ3n) is 6.47. The molecule has 1 saturated carbocycles. The topological polar surface area (TPSA) is 37.5 Å². The largest absolute Gasteiger partial charge is 0.381 e. The zero-order valence-corrected chi connectivity index (χ0v) is 15.3. The molecule has 2 heterocycles. The van der Waals surface area contributed by atoms with E-state index in [-0.39, 0.29) is 11.4 Å². The second-order valence-corrected chi connectivity index (χ2v) is 7.56. The van der Waals surface area contributed by atoms with Crippen LogP contribution in [0.15, 0.2) is 18.2 Å². The molecule has 0 spiro atoms. The van der Waals surface area contributed by atoms with E-state index in [1.807, 2.05) is 13.2 Å². The molecular formula is C20H27FN2O2. The van der Waals surface area contributed by atoms with Crippen molar-refractivity contribution in [1.82, 2.24) is 9.88 Å². The molecular weight excluding hydrogens is 319 g/mol. The van der Waals surface area contributed by atoms with Gasteiger partial charge >= 0.3 is 0 Å². The number of fused-ring (bicyclic) bond motifs is 2. The third-order valence-corrected chi connectivity index (χ3v) is 6.47. The molecule has 4 nitrogen and oxygen atoms in total. The maximum atomic E-state index is 13.6. The average Bonchev–Trinajstić information content (AvgIpc) is 3.14. The first-order valence-corrected chi connectivity index (χ1v) is 9.15. The Balaban J connectivity index is 1.61. The Kier molecular flexibility index (Phi) is 4.34. The normalized spacial score (nSPS) is 30.1. The van der Waals surface area contributed by atoms with Gasteiger partial charge in [-0.15, -0.1) is 0 Å². The molecule has 1 aliphatic heterocycles. The van der Waals surface area contributed by atoms with Crippen LogP contribution in [0.4, 0.5) is 4.39 Å². The van der Waals surface area contributed by atoms with Crippen molar-refractivity contribution in [3.8, 4) is 0 Å². The van der Waals surface area contributed by atoms with Gasteiger partial charge in [-0.25, -0.2) is 4.39 Å². The molecule has 0 amide bonds. The summed E-state index contributed by atoms with van der Waals surface area (Å²) in [7, 11) is 3.65. The molecule has 5 heteroatoms. The van der Waals surface area contributed by atoms with Crippen LogP contribution in [0.1, 0.15) is 36.9 Å². The molecule has 2 fully saturated rings. The van der Waals surface area contributed by atoms with E-state index >= 15 is 0 Å². The first-order valence-electron chi connectivity index (χ1n) is 9.15. The van der Waals surface area contributed by atoms with Gasteiger partial charge in [-0.1, -0.05) is 0 Å². The molecule has 1 N–H and O–H groups in total. The molecule has 1 saturated heterocycles. The highest BCUT2D eigenvalue weighted by Crippen LogP contribution is 2.43. The minimum atomic E-state index is -0.184. The third kappa shape index (κ3) is 2.78. The Bertz CT molecular complexity index is 774. The van der Waals surface area contributed by atoms with Gasteiger partial charge in [0.25, 0.3) is 0 Å². The van der Waals surface area contributed by atoms with Gasteiger partial charge in [0.05, 0.1) is 11.7 Å². The zero-order valence-electron chi connectivity index (χ0n) is 15.3. The summed E-state index contributed by atoms with van der Waals surface area (Å²) in [4.78, 5) is 6.01. The SMILES string of the molecule is CO[C@@H]1CC[C@@]2(OC)CCN(Cc3[nH]c4ccc(F)cc4c3C)[C@H]2C1. The van der Waals surface area contributed by atoms with Gasteiger partial charge in [-0.05, 0) is 56.4 Å². The summed E-state index contributed by atoms with van der Waals surface area (Å²) in [6.45, 7) is 3.94. The van der Waals surface area contributed by atoms with Crippen molar-refractivity contribution in [3.05, 3.63) is 35.3 Å². The van der Waals surface area contributed by atoms with Crippen molar-refractivity contribution < 1.29 is 13.9 Å². The lowest BCUT2D eigenvalue weighted by Gasteiger charge is -2.43. The molecule has 0 unspecified atom stereocenters. The predicted octanol–water partition coefficient (Wildman–Crippen LogP) is 3.77. The number of rotatable bonds is 4. The van der Waals surface area contributed by atoms with Crippen molar-refractivity contribution >= 4 is 10.9 Å². The number of halogens is 1. The number of aromatic nitrogens is 1. The van der Waals surface area contributed by atoms with E-state index in [2.05, 4.69) is 16.8 Å². The van der Waals surface area contributed by atoms with Gasteiger partial charge in [-0.2, -0.15) is 0 Å². The summed E-state index contributed by atoms with van der Waals surface area (Å²) < 4.78 is 25.2. The molecule has 2 aromatic rings. The molecule has 0 radical (unpaired) electrons. The van der Waals surface area contributed by atoms with Crippen molar-refractivity contribution in [3.63, 3.8) is 0 Å². The molecule has 136 valence electrons. The fourth-order valence-corrected chi connectivity index (χ4v) is 4.87. The number of aryl methyl sites for hydroxylation is 1. The van der Waals surface area contributed by atoms with Gasteiger partial charge in [-0.3, -0.25) is 4.90 Å². The van der Waals surface area contributed by atoms with Crippen molar-refractivity contribution in [1.29, 1.82) is 0 Å². The van der Waals surface area contributed by atoms with Crippen LogP contribution in [0.25, 0.3) is 10.9 Å². The molecule has 25 heavy (non-hydrogen) atoms. The zero-order chi connectivity index (χ0) is 17.6. The quantitative estimate of drug-likeness (QED) is 0.916. The van der Waals surface area contributed by atoms with Crippen LogP contribution in [0.5, 0.6) is 0 Å². The second kappa shape index (κ2) is 6.38. The highest BCUT2D eigenvalue weighted by atomic mass is 19.1.